The van der Waals surface area contributed by atoms with E-state index in [-0.39, 0.29) is 28.9 Å². The van der Waals surface area contributed by atoms with Crippen LogP contribution in [0.2, 0.25) is 5.02 Å². The lowest BCUT2D eigenvalue weighted by molar-refractivity contribution is -0.162. The van der Waals surface area contributed by atoms with Crippen molar-refractivity contribution in [2.24, 2.45) is 5.41 Å². The average Bonchev–Trinajstić information content (AvgIpc) is 2.65. The molecule has 0 spiro atoms. The van der Waals surface area contributed by atoms with E-state index in [2.05, 4.69) is 10.3 Å². The predicted molar refractivity (Wildman–Crippen MR) is 107 cm³/mol. The lowest BCUT2D eigenvalue weighted by Crippen LogP contribution is -2.75. The molecule has 0 unspecified atom stereocenters. The minimum Gasteiger partial charge on any atom is -0.486 e. The van der Waals surface area contributed by atoms with Crippen LogP contribution >= 0.6 is 11.6 Å². The molecule has 5 nitrogen and oxygen atoms in total. The maximum atomic E-state index is 12.6. The number of amides is 1. The van der Waals surface area contributed by atoms with E-state index in [9.17, 15) is 22.8 Å². The van der Waals surface area contributed by atoms with E-state index in [1.807, 2.05) is 6.92 Å². The normalized spacial score (nSPS) is 24.0. The van der Waals surface area contributed by atoms with Gasteiger partial charge in [0.1, 0.15) is 18.1 Å². The number of ketones is 1. The second kappa shape index (κ2) is 7.51. The van der Waals surface area contributed by atoms with Gasteiger partial charge in [-0.1, -0.05) is 11.6 Å². The van der Waals surface area contributed by atoms with E-state index in [4.69, 9.17) is 16.3 Å². The molecule has 3 fully saturated rings. The van der Waals surface area contributed by atoms with Crippen LogP contribution in [0.4, 0.5) is 13.2 Å². The summed E-state index contributed by atoms with van der Waals surface area (Å²) in [7, 11) is 0. The number of nitrogens with zero attached hydrogens (tertiary/aromatic N) is 1. The summed E-state index contributed by atoms with van der Waals surface area (Å²) >= 11 is 5.97. The van der Waals surface area contributed by atoms with Crippen molar-refractivity contribution in [3.8, 4) is 5.75 Å². The summed E-state index contributed by atoms with van der Waals surface area (Å²) in [5.74, 6) is 0.114. The third kappa shape index (κ3) is 4.39. The van der Waals surface area contributed by atoms with E-state index < -0.39 is 17.8 Å². The Labute approximate surface area is 181 Å². The number of aromatic nitrogens is 1. The Bertz CT molecular complexity index is 1020. The first-order valence-electron chi connectivity index (χ1n) is 9.76. The van der Waals surface area contributed by atoms with Gasteiger partial charge in [-0.2, -0.15) is 13.2 Å². The number of rotatable bonds is 7. The van der Waals surface area contributed by atoms with Gasteiger partial charge >= 0.3 is 6.18 Å². The Morgan fingerprint density at radius 1 is 1.19 bits per heavy atom. The molecule has 0 aliphatic heterocycles. The molecule has 1 amide bonds. The zero-order chi connectivity index (χ0) is 22.4. The SMILES string of the molecule is Cc1cc(OCC(=O)CC23CC(NC(=O)c4ccc(C(F)(F)F)nc4)(C2)C3)ccc1Cl. The zero-order valence-corrected chi connectivity index (χ0v) is 17.4. The second-order valence-corrected chi connectivity index (χ2v) is 9.02. The Morgan fingerprint density at radius 3 is 2.48 bits per heavy atom. The highest BCUT2D eigenvalue weighted by atomic mass is 35.5. The second-order valence-electron chi connectivity index (χ2n) is 8.61. The highest BCUT2D eigenvalue weighted by Crippen LogP contribution is 2.69. The Hall–Kier alpha value is -2.61. The molecule has 1 N–H and O–H groups in total. The standard InChI is InChI=1S/C22H20ClF3N2O3/c1-13-6-16(3-4-17(13)23)31-9-15(29)7-20-10-21(11-20,12-20)28-19(30)14-2-5-18(27-8-14)22(24,25)26/h2-6,8H,7,9-12H2,1H3,(H,28,30). The number of hydrogen-bond acceptors (Lipinski definition) is 4. The van der Waals surface area contributed by atoms with Gasteiger partial charge in [-0.15, -0.1) is 0 Å². The smallest absolute Gasteiger partial charge is 0.433 e. The number of aryl methyl sites for hydroxylation is 1. The molecule has 164 valence electrons. The summed E-state index contributed by atoms with van der Waals surface area (Å²) in [6.07, 6.45) is -1.22. The predicted octanol–water partition coefficient (Wildman–Crippen LogP) is 4.75. The highest BCUT2D eigenvalue weighted by Gasteiger charge is 2.68. The summed E-state index contributed by atoms with van der Waals surface area (Å²) in [5.41, 5.74) is -0.597. The molecule has 2 aromatic rings. The molecule has 0 saturated heterocycles. The number of hydrogen-bond donors (Lipinski definition) is 1. The summed E-state index contributed by atoms with van der Waals surface area (Å²) in [6, 6.07) is 7.11. The molecule has 0 atom stereocenters. The lowest BCUT2D eigenvalue weighted by Gasteiger charge is -2.70. The number of pyridine rings is 1. The number of carbonyl (C=O) groups is 2. The van der Waals surface area contributed by atoms with Crippen LogP contribution in [0.3, 0.4) is 0 Å². The highest BCUT2D eigenvalue weighted by molar-refractivity contribution is 6.31. The number of halogens is 4. The molecular weight excluding hydrogens is 433 g/mol. The summed E-state index contributed by atoms with van der Waals surface area (Å²) in [5, 5.41) is 3.52. The summed E-state index contributed by atoms with van der Waals surface area (Å²) in [6.45, 7) is 1.83. The Kier molecular flexibility index (Phi) is 5.24. The molecule has 9 heteroatoms. The van der Waals surface area contributed by atoms with Crippen LogP contribution in [-0.4, -0.2) is 28.8 Å². The molecule has 3 aliphatic carbocycles. The minimum atomic E-state index is -4.54. The van der Waals surface area contributed by atoms with E-state index in [0.29, 0.717) is 36.5 Å². The topological polar surface area (TPSA) is 68.3 Å². The van der Waals surface area contributed by atoms with Crippen LogP contribution in [0.5, 0.6) is 5.75 Å². The van der Waals surface area contributed by atoms with Gasteiger partial charge in [-0.3, -0.25) is 14.6 Å². The van der Waals surface area contributed by atoms with E-state index >= 15 is 0 Å². The third-order valence-electron chi connectivity index (χ3n) is 5.94. The molecule has 1 aromatic heterocycles. The van der Waals surface area contributed by atoms with Crippen molar-refractivity contribution >= 4 is 23.3 Å². The van der Waals surface area contributed by atoms with Gasteiger partial charge < -0.3 is 10.1 Å². The lowest BCUT2D eigenvalue weighted by atomic mass is 9.38. The van der Waals surface area contributed by atoms with Crippen molar-refractivity contribution in [2.75, 3.05) is 6.61 Å². The molecule has 2 bridgehead atoms. The maximum absolute atomic E-state index is 12.6. The Morgan fingerprint density at radius 2 is 1.90 bits per heavy atom. The largest absolute Gasteiger partial charge is 0.486 e. The van der Waals surface area contributed by atoms with Crippen molar-refractivity contribution < 1.29 is 27.5 Å². The fourth-order valence-corrected chi connectivity index (χ4v) is 4.78. The quantitative estimate of drug-likeness (QED) is 0.658. The zero-order valence-electron chi connectivity index (χ0n) is 16.7. The molecule has 1 aromatic carbocycles. The Balaban J connectivity index is 1.24. The molecule has 31 heavy (non-hydrogen) atoms. The third-order valence-corrected chi connectivity index (χ3v) is 6.36. The van der Waals surface area contributed by atoms with Crippen LogP contribution in [0, 0.1) is 12.3 Å². The minimum absolute atomic E-state index is 0.0147. The van der Waals surface area contributed by atoms with Gasteiger partial charge in [0, 0.05) is 23.2 Å². The first kappa shape index (κ1) is 21.6. The molecule has 0 radical (unpaired) electrons. The fourth-order valence-electron chi connectivity index (χ4n) is 4.67. The molecule has 5 rings (SSSR count). The summed E-state index contributed by atoms with van der Waals surface area (Å²) < 4.78 is 43.3. The first-order chi connectivity index (χ1) is 14.5. The van der Waals surface area contributed by atoms with E-state index in [1.165, 1.54) is 0 Å². The van der Waals surface area contributed by atoms with Gasteiger partial charge in [-0.25, -0.2) is 0 Å². The van der Waals surface area contributed by atoms with Gasteiger partial charge in [0.15, 0.2) is 5.78 Å². The van der Waals surface area contributed by atoms with Gasteiger partial charge in [0.05, 0.1) is 5.56 Å². The average molecular weight is 453 g/mol. The number of benzene rings is 1. The number of alkyl halides is 3. The van der Waals surface area contributed by atoms with Crippen LogP contribution in [0.25, 0.3) is 0 Å². The fraction of sp³-hybridized carbons (Fsp3) is 0.409. The number of nitrogens with one attached hydrogen (secondary N) is 1. The van der Waals surface area contributed by atoms with Gasteiger partial charge in [0.25, 0.3) is 5.91 Å². The molecular formula is C22H20ClF3N2O3. The van der Waals surface area contributed by atoms with Crippen molar-refractivity contribution in [1.82, 2.24) is 10.3 Å². The van der Waals surface area contributed by atoms with Crippen LogP contribution in [0.15, 0.2) is 36.5 Å². The number of carbonyl (C=O) groups excluding carboxylic acids is 2. The van der Waals surface area contributed by atoms with Crippen molar-refractivity contribution in [1.29, 1.82) is 0 Å². The van der Waals surface area contributed by atoms with Crippen molar-refractivity contribution in [3.05, 3.63) is 58.4 Å². The molecule has 3 aliphatic rings. The van der Waals surface area contributed by atoms with Gasteiger partial charge in [0.2, 0.25) is 0 Å². The van der Waals surface area contributed by atoms with E-state index in [1.54, 1.807) is 18.2 Å². The van der Waals surface area contributed by atoms with Gasteiger partial charge in [-0.05, 0) is 67.5 Å². The summed E-state index contributed by atoms with van der Waals surface area (Å²) in [4.78, 5) is 28.0. The van der Waals surface area contributed by atoms with Crippen molar-refractivity contribution in [3.63, 3.8) is 0 Å². The molecule has 1 heterocycles. The monoisotopic (exact) mass is 452 g/mol. The first-order valence-corrected chi connectivity index (χ1v) is 10.1. The molecule has 3 saturated carbocycles. The van der Waals surface area contributed by atoms with Crippen LogP contribution < -0.4 is 10.1 Å². The van der Waals surface area contributed by atoms with E-state index in [0.717, 1.165) is 23.9 Å². The number of Topliss-reactive ketones (excluding diaryl/α,β-unsaturated/α-hetero) is 1. The maximum Gasteiger partial charge on any atom is 0.433 e. The van der Waals surface area contributed by atoms with Crippen LogP contribution in [-0.2, 0) is 11.0 Å². The van der Waals surface area contributed by atoms with Crippen LogP contribution in [0.1, 0.15) is 47.3 Å². The number of ether oxygens (including phenoxy) is 1. The van der Waals surface area contributed by atoms with Crippen molar-refractivity contribution in [2.45, 2.75) is 44.3 Å².